The van der Waals surface area contributed by atoms with E-state index in [1.165, 1.54) is 18.5 Å². The van der Waals surface area contributed by atoms with E-state index in [-0.39, 0.29) is 30.0 Å². The molecule has 3 atom stereocenters. The number of likely N-dealkylation sites (tertiary alicyclic amines) is 1. The second-order valence-electron chi connectivity index (χ2n) is 6.95. The van der Waals surface area contributed by atoms with Crippen molar-refractivity contribution in [2.24, 2.45) is 11.8 Å². The Hall–Kier alpha value is -2.35. The van der Waals surface area contributed by atoms with Crippen molar-refractivity contribution in [2.45, 2.75) is 31.5 Å². The van der Waals surface area contributed by atoms with Crippen LogP contribution in [0.1, 0.15) is 29.6 Å². The number of carbonyl (C=O) groups is 2. The van der Waals surface area contributed by atoms with Crippen molar-refractivity contribution in [3.63, 3.8) is 0 Å². The van der Waals surface area contributed by atoms with Crippen LogP contribution in [0.15, 0.2) is 18.5 Å². The van der Waals surface area contributed by atoms with Gasteiger partial charge in [0.05, 0.1) is 11.8 Å². The molecule has 8 nitrogen and oxygen atoms in total. The summed E-state index contributed by atoms with van der Waals surface area (Å²) >= 11 is 0. The predicted molar refractivity (Wildman–Crippen MR) is 87.8 cm³/mol. The average Bonchev–Trinajstić information content (AvgIpc) is 3.09. The molecule has 0 saturated carbocycles. The molecule has 3 fully saturated rings. The van der Waals surface area contributed by atoms with Crippen LogP contribution in [0.25, 0.3) is 0 Å². The van der Waals surface area contributed by atoms with E-state index in [9.17, 15) is 14.7 Å². The third-order valence-corrected chi connectivity index (χ3v) is 5.48. The van der Waals surface area contributed by atoms with Crippen LogP contribution in [-0.2, 0) is 4.74 Å². The first-order chi connectivity index (χ1) is 12.1. The number of aromatic hydroxyl groups is 1. The minimum atomic E-state index is -0.184. The van der Waals surface area contributed by atoms with E-state index in [2.05, 4.69) is 15.6 Å². The lowest BCUT2D eigenvalue weighted by molar-refractivity contribution is 0.0299. The highest BCUT2D eigenvalue weighted by molar-refractivity contribution is 5.94. The van der Waals surface area contributed by atoms with Gasteiger partial charge in [0, 0.05) is 37.9 Å². The van der Waals surface area contributed by atoms with Crippen molar-refractivity contribution in [1.29, 1.82) is 0 Å². The number of nitrogens with zero attached hydrogens (tertiary/aromatic N) is 2. The standard InChI is InChI=1S/C17H22N4O4/c22-12-7-11(8-18-9-12)16(23)21-4-1-10(2-5-21)14-13-3-6-25-15(13)20-17(24)19-14/h7-10,13-15,22H,1-6H2,(H2,19,20,24)/t13-,14-,15-/m0/s1. The van der Waals surface area contributed by atoms with E-state index in [4.69, 9.17) is 4.74 Å². The maximum atomic E-state index is 12.5. The van der Waals surface area contributed by atoms with Crippen molar-refractivity contribution in [1.82, 2.24) is 20.5 Å². The number of hydrogen-bond acceptors (Lipinski definition) is 5. The molecule has 4 heterocycles. The smallest absolute Gasteiger partial charge is 0.317 e. The van der Waals surface area contributed by atoms with Crippen LogP contribution in [0.5, 0.6) is 5.75 Å². The van der Waals surface area contributed by atoms with Crippen LogP contribution >= 0.6 is 0 Å². The van der Waals surface area contributed by atoms with E-state index in [0.29, 0.717) is 37.1 Å². The maximum Gasteiger partial charge on any atom is 0.317 e. The molecule has 0 unspecified atom stereocenters. The molecule has 3 aliphatic rings. The number of urea groups is 1. The zero-order valence-electron chi connectivity index (χ0n) is 13.9. The van der Waals surface area contributed by atoms with E-state index in [0.717, 1.165) is 19.3 Å². The van der Waals surface area contributed by atoms with Gasteiger partial charge in [0.25, 0.3) is 5.91 Å². The highest BCUT2D eigenvalue weighted by atomic mass is 16.5. The number of carbonyl (C=O) groups excluding carboxylic acids is 2. The average molecular weight is 346 g/mol. The van der Waals surface area contributed by atoms with Gasteiger partial charge in [-0.25, -0.2) is 4.79 Å². The SMILES string of the molecule is O=C1N[C@H]2OCC[C@H]2[C@H](C2CCN(C(=O)c3cncc(O)c3)CC2)N1. The van der Waals surface area contributed by atoms with Crippen LogP contribution in [-0.4, -0.2) is 58.9 Å². The largest absolute Gasteiger partial charge is 0.506 e. The van der Waals surface area contributed by atoms with Crippen LogP contribution in [0.4, 0.5) is 4.79 Å². The topological polar surface area (TPSA) is 104 Å². The lowest BCUT2D eigenvalue weighted by atomic mass is 9.79. The van der Waals surface area contributed by atoms with Gasteiger partial charge in [0.2, 0.25) is 0 Å². The number of hydrogen-bond donors (Lipinski definition) is 3. The lowest BCUT2D eigenvalue weighted by Crippen LogP contribution is -2.62. The van der Waals surface area contributed by atoms with Gasteiger partial charge in [0.1, 0.15) is 12.0 Å². The Balaban J connectivity index is 1.39. The Kier molecular flexibility index (Phi) is 4.20. The zero-order chi connectivity index (χ0) is 17.4. The monoisotopic (exact) mass is 346 g/mol. The highest BCUT2D eigenvalue weighted by Crippen LogP contribution is 2.33. The molecule has 134 valence electrons. The molecule has 3 saturated heterocycles. The number of nitrogens with one attached hydrogen (secondary N) is 2. The first kappa shape index (κ1) is 16.1. The summed E-state index contributed by atoms with van der Waals surface area (Å²) in [5.74, 6) is 0.510. The predicted octanol–water partition coefficient (Wildman–Crippen LogP) is 0.683. The molecule has 0 spiro atoms. The fraction of sp³-hybridized carbons (Fsp3) is 0.588. The van der Waals surface area contributed by atoms with Crippen LogP contribution in [0, 0.1) is 11.8 Å². The van der Waals surface area contributed by atoms with E-state index in [1.807, 2.05) is 0 Å². The number of piperidine rings is 1. The molecule has 3 N–H and O–H groups in total. The van der Waals surface area contributed by atoms with Gasteiger partial charge >= 0.3 is 6.03 Å². The molecular formula is C17H22N4O4. The molecule has 0 bridgehead atoms. The maximum absolute atomic E-state index is 12.5. The summed E-state index contributed by atoms with van der Waals surface area (Å²) in [7, 11) is 0. The number of pyridine rings is 1. The number of aromatic nitrogens is 1. The summed E-state index contributed by atoms with van der Waals surface area (Å²) in [5, 5.41) is 15.4. The second-order valence-corrected chi connectivity index (χ2v) is 6.95. The van der Waals surface area contributed by atoms with Crippen molar-refractivity contribution in [3.05, 3.63) is 24.0 Å². The highest BCUT2D eigenvalue weighted by Gasteiger charge is 2.44. The molecule has 1 aromatic heterocycles. The van der Waals surface area contributed by atoms with E-state index < -0.39 is 0 Å². The summed E-state index contributed by atoms with van der Waals surface area (Å²) in [4.78, 5) is 30.1. The molecule has 3 aliphatic heterocycles. The minimum absolute atomic E-state index is 0.00886. The van der Waals surface area contributed by atoms with Gasteiger partial charge in [-0.2, -0.15) is 0 Å². The fourth-order valence-corrected chi connectivity index (χ4v) is 4.21. The van der Waals surface area contributed by atoms with E-state index in [1.54, 1.807) is 4.90 Å². The van der Waals surface area contributed by atoms with Crippen LogP contribution in [0.2, 0.25) is 0 Å². The summed E-state index contributed by atoms with van der Waals surface area (Å²) < 4.78 is 5.61. The fourth-order valence-electron chi connectivity index (χ4n) is 4.21. The van der Waals surface area contributed by atoms with Crippen LogP contribution < -0.4 is 10.6 Å². The van der Waals surface area contributed by atoms with Crippen molar-refractivity contribution in [3.8, 4) is 5.75 Å². The lowest BCUT2D eigenvalue weighted by Gasteiger charge is -2.42. The molecule has 4 rings (SSSR count). The normalized spacial score (nSPS) is 29.7. The quantitative estimate of drug-likeness (QED) is 0.731. The first-order valence-corrected chi connectivity index (χ1v) is 8.74. The molecule has 0 aliphatic carbocycles. The minimum Gasteiger partial charge on any atom is -0.506 e. The molecule has 0 aromatic carbocycles. The Bertz CT molecular complexity index is 674. The second kappa shape index (κ2) is 6.51. The van der Waals surface area contributed by atoms with E-state index >= 15 is 0 Å². The number of amides is 3. The third-order valence-electron chi connectivity index (χ3n) is 5.48. The Morgan fingerprint density at radius 2 is 2.04 bits per heavy atom. The van der Waals surface area contributed by atoms with Gasteiger partial charge in [-0.3, -0.25) is 9.78 Å². The molecule has 1 aromatic rings. The van der Waals surface area contributed by atoms with Gasteiger partial charge in [0.15, 0.2) is 0 Å². The Morgan fingerprint density at radius 1 is 1.24 bits per heavy atom. The summed E-state index contributed by atoms with van der Waals surface area (Å²) in [6, 6.07) is 1.37. The van der Waals surface area contributed by atoms with Gasteiger partial charge in [-0.05, 0) is 31.2 Å². The molecule has 3 amide bonds. The summed E-state index contributed by atoms with van der Waals surface area (Å²) in [5.41, 5.74) is 0.401. The number of rotatable bonds is 2. The third kappa shape index (κ3) is 3.13. The van der Waals surface area contributed by atoms with Gasteiger partial charge in [-0.15, -0.1) is 0 Å². The Labute approximate surface area is 145 Å². The molecule has 25 heavy (non-hydrogen) atoms. The molecule has 8 heteroatoms. The van der Waals surface area contributed by atoms with Gasteiger partial charge in [-0.1, -0.05) is 0 Å². The van der Waals surface area contributed by atoms with Crippen molar-refractivity contribution < 1.29 is 19.4 Å². The summed E-state index contributed by atoms with van der Waals surface area (Å²) in [6.45, 7) is 1.95. The van der Waals surface area contributed by atoms with Crippen molar-refractivity contribution in [2.75, 3.05) is 19.7 Å². The van der Waals surface area contributed by atoms with Gasteiger partial charge < -0.3 is 25.4 Å². The number of ether oxygens (including phenoxy) is 1. The van der Waals surface area contributed by atoms with Crippen molar-refractivity contribution >= 4 is 11.9 Å². The molecular weight excluding hydrogens is 324 g/mol. The number of fused-ring (bicyclic) bond motifs is 1. The Morgan fingerprint density at radius 3 is 2.80 bits per heavy atom. The molecule has 0 radical (unpaired) electrons. The summed E-state index contributed by atoms with van der Waals surface area (Å²) in [6.07, 6.45) is 5.22. The first-order valence-electron chi connectivity index (χ1n) is 8.74. The van der Waals surface area contributed by atoms with Crippen LogP contribution in [0.3, 0.4) is 0 Å². The zero-order valence-corrected chi connectivity index (χ0v) is 13.9.